The van der Waals surface area contributed by atoms with E-state index in [1.165, 1.54) is 19.5 Å². The highest BCUT2D eigenvalue weighted by atomic mass is 16.2. The molecule has 1 aromatic carbocycles. The molecule has 2 rings (SSSR count). The normalized spacial score (nSPS) is 14.6. The van der Waals surface area contributed by atoms with Crippen LogP contribution in [0, 0.1) is 11.3 Å². The van der Waals surface area contributed by atoms with Gasteiger partial charge in [0.1, 0.15) is 5.82 Å². The summed E-state index contributed by atoms with van der Waals surface area (Å²) >= 11 is 0. The van der Waals surface area contributed by atoms with Crippen molar-refractivity contribution in [3.8, 4) is 6.07 Å². The summed E-state index contributed by atoms with van der Waals surface area (Å²) < 4.78 is 0. The molecular weight excluding hydrogens is 316 g/mol. The van der Waals surface area contributed by atoms with E-state index in [9.17, 15) is 14.9 Å². The number of rotatable bonds is 6. The molecule has 0 unspecified atom stereocenters. The van der Waals surface area contributed by atoms with E-state index in [0.717, 1.165) is 42.2 Å². The summed E-state index contributed by atoms with van der Waals surface area (Å²) in [6.07, 6.45) is 5.37. The number of carbonyl (C=O) groups is 2. The van der Waals surface area contributed by atoms with Crippen molar-refractivity contribution in [1.29, 1.82) is 5.26 Å². The Morgan fingerprint density at radius 3 is 2.56 bits per heavy atom. The Labute approximate surface area is 148 Å². The summed E-state index contributed by atoms with van der Waals surface area (Å²) in [6.45, 7) is 2.28. The fourth-order valence-electron chi connectivity index (χ4n) is 2.93. The Morgan fingerprint density at radius 1 is 1.24 bits per heavy atom. The number of carbonyl (C=O) groups excluding carboxylic acids is 2. The first-order chi connectivity index (χ1) is 12.1. The molecule has 1 aliphatic rings. The first kappa shape index (κ1) is 18.5. The summed E-state index contributed by atoms with van der Waals surface area (Å²) in [5.74, 6) is 0.433. The highest BCUT2D eigenvalue weighted by Gasteiger charge is 2.20. The van der Waals surface area contributed by atoms with Crippen LogP contribution in [-0.4, -0.2) is 54.2 Å². The van der Waals surface area contributed by atoms with E-state index < -0.39 is 0 Å². The molecule has 0 saturated carbocycles. The standard InChI is InChI=1S/C19H24N4O2/c1-21(14-17-9-5-4-8-16(17)13-20)18(12-19(25)22(2)15-24)23-10-6-3-7-11-23/h4-5,8-9,12,15H,3,6-7,10-11,14H2,1-2H3/b18-12+. The van der Waals surface area contributed by atoms with Crippen LogP contribution in [0.15, 0.2) is 36.2 Å². The molecule has 6 nitrogen and oxygen atoms in total. The van der Waals surface area contributed by atoms with Crippen LogP contribution in [0.1, 0.15) is 30.4 Å². The molecule has 1 aliphatic heterocycles. The third-order valence-corrected chi connectivity index (χ3v) is 4.37. The van der Waals surface area contributed by atoms with Crippen molar-refractivity contribution in [3.05, 3.63) is 47.3 Å². The minimum atomic E-state index is -0.351. The molecule has 2 amide bonds. The lowest BCUT2D eigenvalue weighted by atomic mass is 10.1. The average molecular weight is 340 g/mol. The summed E-state index contributed by atoms with van der Waals surface area (Å²) in [5, 5.41) is 9.28. The molecule has 1 saturated heterocycles. The Kier molecular flexibility index (Phi) is 6.58. The molecule has 0 aliphatic carbocycles. The van der Waals surface area contributed by atoms with E-state index in [4.69, 9.17) is 0 Å². The molecular formula is C19H24N4O2. The Balaban J connectivity index is 2.27. The van der Waals surface area contributed by atoms with Crippen molar-refractivity contribution in [1.82, 2.24) is 14.7 Å². The molecule has 132 valence electrons. The lowest BCUT2D eigenvalue weighted by Crippen LogP contribution is -2.38. The van der Waals surface area contributed by atoms with E-state index in [2.05, 4.69) is 11.0 Å². The summed E-state index contributed by atoms with van der Waals surface area (Å²) in [5.41, 5.74) is 1.54. The van der Waals surface area contributed by atoms with Crippen LogP contribution in [0.25, 0.3) is 0 Å². The molecule has 6 heteroatoms. The average Bonchev–Trinajstić information content (AvgIpc) is 2.66. The molecule has 25 heavy (non-hydrogen) atoms. The number of hydrogen-bond donors (Lipinski definition) is 0. The summed E-state index contributed by atoms with van der Waals surface area (Å²) in [6, 6.07) is 9.66. The van der Waals surface area contributed by atoms with Crippen LogP contribution in [0.4, 0.5) is 0 Å². The number of amides is 2. The van der Waals surface area contributed by atoms with Gasteiger partial charge < -0.3 is 9.80 Å². The van der Waals surface area contributed by atoms with Gasteiger partial charge in [-0.25, -0.2) is 0 Å². The van der Waals surface area contributed by atoms with Gasteiger partial charge in [-0.1, -0.05) is 18.2 Å². The van der Waals surface area contributed by atoms with E-state index in [-0.39, 0.29) is 5.91 Å². The second kappa shape index (κ2) is 8.88. The van der Waals surface area contributed by atoms with E-state index in [1.807, 2.05) is 30.1 Å². The Bertz CT molecular complexity index is 687. The van der Waals surface area contributed by atoms with Crippen molar-refractivity contribution in [3.63, 3.8) is 0 Å². The van der Waals surface area contributed by atoms with Crippen LogP contribution in [0.3, 0.4) is 0 Å². The van der Waals surface area contributed by atoms with Crippen molar-refractivity contribution in [2.75, 3.05) is 27.2 Å². The van der Waals surface area contributed by atoms with E-state index in [0.29, 0.717) is 18.5 Å². The second-order valence-electron chi connectivity index (χ2n) is 6.23. The summed E-state index contributed by atoms with van der Waals surface area (Å²) in [4.78, 5) is 28.3. The maximum Gasteiger partial charge on any atom is 0.256 e. The van der Waals surface area contributed by atoms with Crippen LogP contribution in [0.2, 0.25) is 0 Å². The lowest BCUT2D eigenvalue weighted by Gasteiger charge is -2.36. The predicted octanol–water partition coefficient (Wildman–Crippen LogP) is 1.93. The van der Waals surface area contributed by atoms with E-state index >= 15 is 0 Å². The van der Waals surface area contributed by atoms with Crippen LogP contribution >= 0.6 is 0 Å². The van der Waals surface area contributed by atoms with Gasteiger partial charge in [0.25, 0.3) is 5.91 Å². The number of likely N-dealkylation sites (N-methyl/N-ethyl adjacent to an activating group) is 1. The van der Waals surface area contributed by atoms with E-state index in [1.54, 1.807) is 6.07 Å². The van der Waals surface area contributed by atoms with Gasteiger partial charge in [-0.3, -0.25) is 14.5 Å². The van der Waals surface area contributed by atoms with Crippen LogP contribution < -0.4 is 0 Å². The number of nitrogens with zero attached hydrogens (tertiary/aromatic N) is 4. The molecule has 1 aromatic rings. The molecule has 0 N–H and O–H groups in total. The van der Waals surface area contributed by atoms with Crippen molar-refractivity contribution in [2.45, 2.75) is 25.8 Å². The fourth-order valence-corrected chi connectivity index (χ4v) is 2.93. The van der Waals surface area contributed by atoms with Crippen molar-refractivity contribution >= 4 is 12.3 Å². The third kappa shape index (κ3) is 4.83. The zero-order valence-electron chi connectivity index (χ0n) is 14.8. The summed E-state index contributed by atoms with van der Waals surface area (Å²) in [7, 11) is 3.35. The van der Waals surface area contributed by atoms with Gasteiger partial charge in [-0.2, -0.15) is 5.26 Å². The molecule has 0 spiro atoms. The monoisotopic (exact) mass is 340 g/mol. The first-order valence-corrected chi connectivity index (χ1v) is 8.44. The van der Waals surface area contributed by atoms with Crippen LogP contribution in [-0.2, 0) is 16.1 Å². The fraction of sp³-hybridized carbons (Fsp3) is 0.421. The molecule has 0 radical (unpaired) electrons. The number of nitriles is 1. The first-order valence-electron chi connectivity index (χ1n) is 8.44. The lowest BCUT2D eigenvalue weighted by molar-refractivity contribution is -0.132. The number of piperidine rings is 1. The number of likely N-dealkylation sites (tertiary alicyclic amines) is 1. The zero-order chi connectivity index (χ0) is 18.2. The van der Waals surface area contributed by atoms with Crippen molar-refractivity contribution < 1.29 is 9.59 Å². The van der Waals surface area contributed by atoms with Crippen LogP contribution in [0.5, 0.6) is 0 Å². The predicted molar refractivity (Wildman–Crippen MR) is 95.0 cm³/mol. The van der Waals surface area contributed by atoms with Gasteiger partial charge in [-0.15, -0.1) is 0 Å². The SMILES string of the molecule is CN(C=O)C(=O)/C=C(\N(C)Cc1ccccc1C#N)N1CCCCC1. The van der Waals surface area contributed by atoms with Gasteiger partial charge in [0.05, 0.1) is 11.6 Å². The Hall–Kier alpha value is -2.81. The maximum atomic E-state index is 12.2. The minimum absolute atomic E-state index is 0.351. The second-order valence-corrected chi connectivity index (χ2v) is 6.23. The molecule has 0 aromatic heterocycles. The maximum absolute atomic E-state index is 12.2. The minimum Gasteiger partial charge on any atom is -0.358 e. The number of hydrogen-bond acceptors (Lipinski definition) is 5. The van der Waals surface area contributed by atoms with Gasteiger partial charge >= 0.3 is 0 Å². The Morgan fingerprint density at radius 2 is 1.92 bits per heavy atom. The molecule has 0 atom stereocenters. The molecule has 0 bridgehead atoms. The molecule has 1 heterocycles. The zero-order valence-corrected chi connectivity index (χ0v) is 14.8. The van der Waals surface area contributed by atoms with Gasteiger partial charge in [0.2, 0.25) is 6.41 Å². The quantitative estimate of drug-likeness (QED) is 0.585. The largest absolute Gasteiger partial charge is 0.358 e. The van der Waals surface area contributed by atoms with Gasteiger partial charge in [0.15, 0.2) is 0 Å². The highest BCUT2D eigenvalue weighted by molar-refractivity contribution is 5.94. The highest BCUT2D eigenvalue weighted by Crippen LogP contribution is 2.20. The molecule has 1 fully saturated rings. The van der Waals surface area contributed by atoms with Gasteiger partial charge in [-0.05, 0) is 30.9 Å². The topological polar surface area (TPSA) is 67.6 Å². The van der Waals surface area contributed by atoms with Crippen molar-refractivity contribution in [2.24, 2.45) is 0 Å². The number of benzene rings is 1. The third-order valence-electron chi connectivity index (χ3n) is 4.37. The smallest absolute Gasteiger partial charge is 0.256 e. The number of imide groups is 1. The van der Waals surface area contributed by atoms with Gasteiger partial charge in [0, 0.05) is 39.8 Å².